The van der Waals surface area contributed by atoms with E-state index < -0.39 is 5.91 Å². The summed E-state index contributed by atoms with van der Waals surface area (Å²) in [6.45, 7) is 10.2. The molecule has 0 aliphatic carbocycles. The van der Waals surface area contributed by atoms with E-state index in [2.05, 4.69) is 50.7 Å². The van der Waals surface area contributed by atoms with Crippen LogP contribution in [0.2, 0.25) is 0 Å². The van der Waals surface area contributed by atoms with Gasteiger partial charge in [-0.1, -0.05) is 64.1 Å². The minimum Gasteiger partial charge on any atom is -0.484 e. The molecule has 0 aromatic heterocycles. The largest absolute Gasteiger partial charge is 0.484 e. The van der Waals surface area contributed by atoms with Gasteiger partial charge in [0.25, 0.3) is 5.91 Å². The topological polar surface area (TPSA) is 67.4 Å². The number of carbonyl (C=O) groups is 2. The van der Waals surface area contributed by atoms with Gasteiger partial charge < -0.3 is 4.74 Å². The van der Waals surface area contributed by atoms with Crippen LogP contribution in [0.4, 0.5) is 0 Å². The van der Waals surface area contributed by atoms with Crippen LogP contribution < -0.4 is 15.6 Å². The number of benzene rings is 2. The smallest absolute Gasteiger partial charge is 0.276 e. The van der Waals surface area contributed by atoms with Crippen LogP contribution in [0, 0.1) is 5.92 Å². The first-order chi connectivity index (χ1) is 13.8. The van der Waals surface area contributed by atoms with Gasteiger partial charge in [-0.3, -0.25) is 20.4 Å². The van der Waals surface area contributed by atoms with E-state index in [1.165, 1.54) is 11.1 Å². The lowest BCUT2D eigenvalue weighted by Gasteiger charge is -2.14. The van der Waals surface area contributed by atoms with Crippen LogP contribution in [0.1, 0.15) is 63.1 Å². The molecule has 0 bridgehead atoms. The zero-order chi connectivity index (χ0) is 21.4. The van der Waals surface area contributed by atoms with Crippen LogP contribution >= 0.6 is 0 Å². The summed E-state index contributed by atoms with van der Waals surface area (Å²) in [7, 11) is 0. The molecule has 0 fully saturated rings. The minimum absolute atomic E-state index is 0.167. The van der Waals surface area contributed by atoms with Gasteiger partial charge in [0.2, 0.25) is 5.91 Å². The van der Waals surface area contributed by atoms with Gasteiger partial charge in [0.05, 0.1) is 5.92 Å². The van der Waals surface area contributed by atoms with Gasteiger partial charge in [-0.25, -0.2) is 0 Å². The normalized spacial score (nSPS) is 12.0. The molecule has 2 N–H and O–H groups in total. The first-order valence-electron chi connectivity index (χ1n) is 10.2. The quantitative estimate of drug-likeness (QED) is 0.652. The van der Waals surface area contributed by atoms with Crippen molar-refractivity contribution in [2.45, 2.75) is 52.9 Å². The summed E-state index contributed by atoms with van der Waals surface area (Å²) in [5.74, 6) is 0.601. The van der Waals surface area contributed by atoms with Gasteiger partial charge in [-0.05, 0) is 54.0 Å². The number of ether oxygens (including phenoxy) is 1. The fraction of sp³-hybridized carbons (Fsp3) is 0.417. The molecule has 156 valence electrons. The number of carbonyl (C=O) groups excluding carboxylic acids is 2. The molecule has 2 rings (SSSR count). The zero-order valence-corrected chi connectivity index (χ0v) is 18.0. The Morgan fingerprint density at radius 1 is 0.828 bits per heavy atom. The van der Waals surface area contributed by atoms with Crippen molar-refractivity contribution in [3.63, 3.8) is 0 Å². The van der Waals surface area contributed by atoms with Crippen LogP contribution in [0.3, 0.4) is 0 Å². The second-order valence-electron chi connectivity index (χ2n) is 8.11. The maximum absolute atomic E-state index is 12.3. The molecule has 2 amide bonds. The van der Waals surface area contributed by atoms with Crippen LogP contribution in [0.25, 0.3) is 0 Å². The lowest BCUT2D eigenvalue weighted by Crippen LogP contribution is -2.45. The molecule has 2 aromatic rings. The SMILES string of the molecule is CC(C)Cc1ccc(C(C)C(=O)NNC(=O)COc2ccc(C(C)C)cc2)cc1. The Balaban J connectivity index is 1.77. The third kappa shape index (κ3) is 7.26. The zero-order valence-electron chi connectivity index (χ0n) is 18.0. The van der Waals surface area contributed by atoms with Crippen LogP contribution in [-0.4, -0.2) is 18.4 Å². The molecule has 1 unspecified atom stereocenters. The Morgan fingerprint density at radius 3 is 1.97 bits per heavy atom. The predicted octanol–water partition coefficient (Wildman–Crippen LogP) is 4.34. The summed E-state index contributed by atoms with van der Waals surface area (Å²) in [5, 5.41) is 0. The van der Waals surface area contributed by atoms with E-state index in [9.17, 15) is 9.59 Å². The molecule has 0 radical (unpaired) electrons. The molecule has 0 aliphatic heterocycles. The molecule has 2 aromatic carbocycles. The number of hydrazine groups is 1. The average molecular weight is 397 g/mol. The Hall–Kier alpha value is -2.82. The van der Waals surface area contributed by atoms with E-state index in [4.69, 9.17) is 4.74 Å². The maximum Gasteiger partial charge on any atom is 0.276 e. The molecule has 0 heterocycles. The summed E-state index contributed by atoms with van der Waals surface area (Å²) in [6, 6.07) is 15.7. The van der Waals surface area contributed by atoms with Crippen molar-refractivity contribution < 1.29 is 14.3 Å². The second-order valence-corrected chi connectivity index (χ2v) is 8.11. The molecular weight excluding hydrogens is 364 g/mol. The Labute approximate surface area is 173 Å². The number of rotatable bonds is 8. The van der Waals surface area contributed by atoms with Crippen molar-refractivity contribution in [1.29, 1.82) is 0 Å². The van der Waals surface area contributed by atoms with Crippen molar-refractivity contribution in [2.24, 2.45) is 5.92 Å². The molecule has 5 nitrogen and oxygen atoms in total. The minimum atomic E-state index is -0.411. The van der Waals surface area contributed by atoms with Crippen molar-refractivity contribution in [3.05, 3.63) is 65.2 Å². The van der Waals surface area contributed by atoms with Crippen molar-refractivity contribution in [1.82, 2.24) is 10.9 Å². The molecule has 5 heteroatoms. The number of hydrogen-bond acceptors (Lipinski definition) is 3. The third-order valence-corrected chi connectivity index (χ3v) is 4.76. The molecule has 0 aliphatic rings. The summed E-state index contributed by atoms with van der Waals surface area (Å²) < 4.78 is 5.46. The van der Waals surface area contributed by atoms with E-state index in [1.807, 2.05) is 43.3 Å². The average Bonchev–Trinajstić information content (AvgIpc) is 2.70. The van der Waals surface area contributed by atoms with Crippen LogP contribution in [0.15, 0.2) is 48.5 Å². The highest BCUT2D eigenvalue weighted by molar-refractivity contribution is 5.86. The standard InChI is InChI=1S/C24H32N2O3/c1-16(2)14-19-6-8-21(9-7-19)18(5)24(28)26-25-23(27)15-29-22-12-10-20(11-13-22)17(3)4/h6-13,16-18H,14-15H2,1-5H3,(H,25,27)(H,26,28). The Morgan fingerprint density at radius 2 is 1.41 bits per heavy atom. The van der Waals surface area contributed by atoms with Gasteiger partial charge in [-0.2, -0.15) is 0 Å². The van der Waals surface area contributed by atoms with Gasteiger partial charge in [-0.15, -0.1) is 0 Å². The number of nitrogens with one attached hydrogen (secondary N) is 2. The molecule has 0 saturated carbocycles. The molecule has 29 heavy (non-hydrogen) atoms. The molecule has 0 saturated heterocycles. The van der Waals surface area contributed by atoms with Gasteiger partial charge in [0.1, 0.15) is 5.75 Å². The third-order valence-electron chi connectivity index (χ3n) is 4.76. The van der Waals surface area contributed by atoms with Crippen molar-refractivity contribution >= 4 is 11.8 Å². The van der Waals surface area contributed by atoms with E-state index in [-0.39, 0.29) is 18.4 Å². The molecular formula is C24H32N2O3. The highest BCUT2D eigenvalue weighted by Crippen LogP contribution is 2.19. The van der Waals surface area contributed by atoms with E-state index in [1.54, 1.807) is 0 Å². The molecule has 1 atom stereocenters. The predicted molar refractivity (Wildman–Crippen MR) is 116 cm³/mol. The lowest BCUT2D eigenvalue weighted by molar-refractivity contribution is -0.130. The Kier molecular flexibility index (Phi) is 8.25. The van der Waals surface area contributed by atoms with E-state index in [0.717, 1.165) is 12.0 Å². The van der Waals surface area contributed by atoms with Gasteiger partial charge >= 0.3 is 0 Å². The second kappa shape index (κ2) is 10.6. The fourth-order valence-electron chi connectivity index (χ4n) is 2.94. The summed E-state index contributed by atoms with van der Waals surface area (Å²) >= 11 is 0. The summed E-state index contributed by atoms with van der Waals surface area (Å²) in [5.41, 5.74) is 8.25. The summed E-state index contributed by atoms with van der Waals surface area (Å²) in [6.07, 6.45) is 1.01. The van der Waals surface area contributed by atoms with Gasteiger partial charge in [0.15, 0.2) is 6.61 Å². The van der Waals surface area contributed by atoms with E-state index in [0.29, 0.717) is 17.6 Å². The summed E-state index contributed by atoms with van der Waals surface area (Å²) in [4.78, 5) is 24.3. The van der Waals surface area contributed by atoms with E-state index >= 15 is 0 Å². The fourth-order valence-corrected chi connectivity index (χ4v) is 2.94. The first kappa shape index (κ1) is 22.5. The highest BCUT2D eigenvalue weighted by Gasteiger charge is 2.16. The lowest BCUT2D eigenvalue weighted by atomic mass is 9.96. The van der Waals surface area contributed by atoms with Crippen LogP contribution in [-0.2, 0) is 16.0 Å². The van der Waals surface area contributed by atoms with Gasteiger partial charge in [0, 0.05) is 0 Å². The highest BCUT2D eigenvalue weighted by atomic mass is 16.5. The maximum atomic E-state index is 12.3. The first-order valence-corrected chi connectivity index (χ1v) is 10.2. The van der Waals surface area contributed by atoms with Crippen LogP contribution in [0.5, 0.6) is 5.75 Å². The number of hydrogen-bond donors (Lipinski definition) is 2. The monoisotopic (exact) mass is 396 g/mol. The van der Waals surface area contributed by atoms with Crippen molar-refractivity contribution in [2.75, 3.05) is 6.61 Å². The Bertz CT molecular complexity index is 796. The molecule has 0 spiro atoms. The van der Waals surface area contributed by atoms with Crippen molar-refractivity contribution in [3.8, 4) is 5.75 Å². The number of amides is 2.